The highest BCUT2D eigenvalue weighted by Gasteiger charge is 2.42. The second-order valence-corrected chi connectivity index (χ2v) is 3.80. The van der Waals surface area contributed by atoms with E-state index in [2.05, 4.69) is 9.57 Å². The maximum atomic E-state index is 11.8. The number of nitrogens with one attached hydrogen (secondary N) is 1. The number of hydrogen-bond acceptors (Lipinski definition) is 5. The van der Waals surface area contributed by atoms with E-state index >= 15 is 0 Å². The first-order valence-corrected chi connectivity index (χ1v) is 4.99. The van der Waals surface area contributed by atoms with Crippen molar-refractivity contribution in [3.8, 4) is 0 Å². The van der Waals surface area contributed by atoms with Gasteiger partial charge in [0.15, 0.2) is 0 Å². The number of alkyl halides is 3. The van der Waals surface area contributed by atoms with E-state index in [4.69, 9.17) is 0 Å². The largest absolute Gasteiger partial charge is 0.492 e. The standard InChI is InChI=1S/C10H14F3NO4/c1-4-17-7(15)5-6-9(2,3)14-18-8(16)10(11,12)13/h5-6,14H,4H2,1-3H3/b6-5+. The minimum atomic E-state index is -5.08. The van der Waals surface area contributed by atoms with Gasteiger partial charge < -0.3 is 9.57 Å². The Hall–Kier alpha value is -1.57. The Kier molecular flexibility index (Phi) is 5.83. The number of halogens is 3. The molecule has 8 heteroatoms. The quantitative estimate of drug-likeness (QED) is 0.465. The molecule has 5 nitrogen and oxygen atoms in total. The van der Waals surface area contributed by atoms with E-state index in [9.17, 15) is 22.8 Å². The van der Waals surface area contributed by atoms with Crippen molar-refractivity contribution in [3.05, 3.63) is 12.2 Å². The Bertz CT molecular complexity index is 337. The summed E-state index contributed by atoms with van der Waals surface area (Å²) in [5.41, 5.74) is 0.753. The molecule has 1 N–H and O–H groups in total. The van der Waals surface area contributed by atoms with Gasteiger partial charge in [-0.05, 0) is 20.8 Å². The van der Waals surface area contributed by atoms with Crippen molar-refractivity contribution in [1.29, 1.82) is 0 Å². The van der Waals surface area contributed by atoms with Gasteiger partial charge in [-0.2, -0.15) is 13.2 Å². The molecule has 0 aliphatic carbocycles. The van der Waals surface area contributed by atoms with Crippen molar-refractivity contribution in [2.75, 3.05) is 6.61 Å². The molecule has 0 unspecified atom stereocenters. The SMILES string of the molecule is CCOC(=O)/C=C/C(C)(C)NOC(=O)C(F)(F)F. The fourth-order valence-electron chi connectivity index (χ4n) is 0.737. The summed E-state index contributed by atoms with van der Waals surface area (Å²) in [5, 5.41) is 0. The molecule has 0 bridgehead atoms. The van der Waals surface area contributed by atoms with E-state index in [-0.39, 0.29) is 6.61 Å². The summed E-state index contributed by atoms with van der Waals surface area (Å²) in [6.07, 6.45) is -2.83. The predicted octanol–water partition coefficient (Wildman–Crippen LogP) is 1.49. The number of hydroxylamine groups is 1. The molecule has 104 valence electrons. The highest BCUT2D eigenvalue weighted by Crippen LogP contribution is 2.16. The summed E-state index contributed by atoms with van der Waals surface area (Å²) < 4.78 is 40.1. The van der Waals surface area contributed by atoms with Crippen LogP contribution in [-0.4, -0.2) is 30.3 Å². The van der Waals surface area contributed by atoms with Crippen LogP contribution in [0.5, 0.6) is 0 Å². The van der Waals surface area contributed by atoms with Gasteiger partial charge in [-0.25, -0.2) is 9.59 Å². The van der Waals surface area contributed by atoms with Gasteiger partial charge in [-0.1, -0.05) is 6.08 Å². The summed E-state index contributed by atoms with van der Waals surface area (Å²) in [4.78, 5) is 25.2. The average molecular weight is 269 g/mol. The average Bonchev–Trinajstić information content (AvgIpc) is 2.22. The highest BCUT2D eigenvalue weighted by molar-refractivity contribution is 5.82. The number of rotatable bonds is 5. The van der Waals surface area contributed by atoms with Gasteiger partial charge in [0.1, 0.15) is 0 Å². The van der Waals surface area contributed by atoms with E-state index in [1.165, 1.54) is 19.9 Å². The maximum Gasteiger partial charge on any atom is 0.492 e. The van der Waals surface area contributed by atoms with Crippen LogP contribution in [0.4, 0.5) is 13.2 Å². The van der Waals surface area contributed by atoms with E-state index in [0.29, 0.717) is 0 Å². The van der Waals surface area contributed by atoms with Crippen molar-refractivity contribution in [2.45, 2.75) is 32.5 Å². The molecule has 0 aromatic carbocycles. The first kappa shape index (κ1) is 16.4. The highest BCUT2D eigenvalue weighted by atomic mass is 19.4. The van der Waals surface area contributed by atoms with Gasteiger partial charge >= 0.3 is 18.1 Å². The Morgan fingerprint density at radius 1 is 1.28 bits per heavy atom. The maximum absolute atomic E-state index is 11.8. The Morgan fingerprint density at radius 3 is 2.28 bits per heavy atom. The lowest BCUT2D eigenvalue weighted by Crippen LogP contribution is -2.42. The molecule has 18 heavy (non-hydrogen) atoms. The molecule has 0 saturated heterocycles. The van der Waals surface area contributed by atoms with Gasteiger partial charge in [-0.3, -0.25) is 0 Å². The van der Waals surface area contributed by atoms with E-state index in [1.54, 1.807) is 6.92 Å². The van der Waals surface area contributed by atoms with Crippen LogP contribution in [-0.2, 0) is 19.2 Å². The molecular formula is C10H14F3NO4. The van der Waals surface area contributed by atoms with Crippen LogP contribution in [0.15, 0.2) is 12.2 Å². The van der Waals surface area contributed by atoms with Crippen molar-refractivity contribution >= 4 is 11.9 Å². The zero-order valence-corrected chi connectivity index (χ0v) is 10.1. The molecule has 0 saturated carbocycles. The van der Waals surface area contributed by atoms with Crippen LogP contribution in [0.25, 0.3) is 0 Å². The van der Waals surface area contributed by atoms with Gasteiger partial charge in [0.2, 0.25) is 0 Å². The molecule has 0 rings (SSSR count). The van der Waals surface area contributed by atoms with Gasteiger partial charge in [0, 0.05) is 6.08 Å². The molecule has 0 fully saturated rings. The monoisotopic (exact) mass is 269 g/mol. The first-order valence-electron chi connectivity index (χ1n) is 4.99. The van der Waals surface area contributed by atoms with Gasteiger partial charge in [-0.15, -0.1) is 5.48 Å². The first-order chi connectivity index (χ1) is 8.08. The lowest BCUT2D eigenvalue weighted by atomic mass is 10.1. The van der Waals surface area contributed by atoms with E-state index in [0.717, 1.165) is 6.08 Å². The molecule has 0 aliphatic rings. The molecular weight excluding hydrogens is 255 g/mol. The number of carbonyl (C=O) groups is 2. The summed E-state index contributed by atoms with van der Waals surface area (Å²) in [7, 11) is 0. The minimum Gasteiger partial charge on any atom is -0.463 e. The molecule has 0 heterocycles. The van der Waals surface area contributed by atoms with Crippen LogP contribution in [0.3, 0.4) is 0 Å². The normalized spacial score (nSPS) is 12.6. The van der Waals surface area contributed by atoms with Crippen molar-refractivity contribution in [3.63, 3.8) is 0 Å². The van der Waals surface area contributed by atoms with Crippen LogP contribution >= 0.6 is 0 Å². The third-order valence-corrected chi connectivity index (χ3v) is 1.56. The zero-order valence-electron chi connectivity index (χ0n) is 10.1. The summed E-state index contributed by atoms with van der Waals surface area (Å²) in [5.74, 6) is -3.00. The Labute approximate surface area is 102 Å². The van der Waals surface area contributed by atoms with Crippen LogP contribution < -0.4 is 5.48 Å². The molecule has 0 radical (unpaired) electrons. The molecule has 0 aromatic rings. The van der Waals surface area contributed by atoms with E-state index in [1.807, 2.05) is 5.48 Å². The summed E-state index contributed by atoms with van der Waals surface area (Å²) in [6.45, 7) is 4.61. The molecule has 0 atom stereocenters. The van der Waals surface area contributed by atoms with Crippen molar-refractivity contribution < 1.29 is 32.3 Å². The number of ether oxygens (including phenoxy) is 1. The fraction of sp³-hybridized carbons (Fsp3) is 0.600. The van der Waals surface area contributed by atoms with Crippen LogP contribution in [0, 0.1) is 0 Å². The molecule has 0 aliphatic heterocycles. The third-order valence-electron chi connectivity index (χ3n) is 1.56. The lowest BCUT2D eigenvalue weighted by molar-refractivity contribution is -0.209. The summed E-state index contributed by atoms with van der Waals surface area (Å²) >= 11 is 0. The van der Waals surface area contributed by atoms with Gasteiger partial charge in [0.05, 0.1) is 12.1 Å². The van der Waals surface area contributed by atoms with Crippen molar-refractivity contribution in [1.82, 2.24) is 5.48 Å². The zero-order chi connectivity index (χ0) is 14.4. The fourth-order valence-corrected chi connectivity index (χ4v) is 0.737. The van der Waals surface area contributed by atoms with E-state index < -0.39 is 23.7 Å². The smallest absolute Gasteiger partial charge is 0.463 e. The van der Waals surface area contributed by atoms with Crippen molar-refractivity contribution in [2.24, 2.45) is 0 Å². The van der Waals surface area contributed by atoms with Crippen LogP contribution in [0.1, 0.15) is 20.8 Å². The van der Waals surface area contributed by atoms with Crippen LogP contribution in [0.2, 0.25) is 0 Å². The molecule has 0 spiro atoms. The molecule has 0 amide bonds. The minimum absolute atomic E-state index is 0.181. The summed E-state index contributed by atoms with van der Waals surface area (Å²) in [6, 6.07) is 0. The Morgan fingerprint density at radius 2 is 1.83 bits per heavy atom. The van der Waals surface area contributed by atoms with Gasteiger partial charge in [0.25, 0.3) is 0 Å². The molecule has 0 aromatic heterocycles. The second-order valence-electron chi connectivity index (χ2n) is 3.80. The topological polar surface area (TPSA) is 64.6 Å². The predicted molar refractivity (Wildman–Crippen MR) is 55.1 cm³/mol. The lowest BCUT2D eigenvalue weighted by Gasteiger charge is -2.21. The number of esters is 1. The Balaban J connectivity index is 4.32. The number of carbonyl (C=O) groups excluding carboxylic acids is 2. The second kappa shape index (κ2) is 6.39. The number of hydrogen-bond donors (Lipinski definition) is 1. The third kappa shape index (κ3) is 6.89.